The summed E-state index contributed by atoms with van der Waals surface area (Å²) in [5, 5.41) is 10.6. The largest absolute Gasteiger partial charge is 0.480 e. The van der Waals surface area contributed by atoms with E-state index in [0.29, 0.717) is 11.1 Å². The normalized spacial score (nSPS) is 17.7. The number of benzene rings is 2. The molecule has 0 bridgehead atoms. The van der Waals surface area contributed by atoms with Crippen molar-refractivity contribution in [1.29, 1.82) is 0 Å². The molecular weight excluding hydrogens is 416 g/mol. The van der Waals surface area contributed by atoms with E-state index in [9.17, 15) is 27.9 Å². The highest BCUT2D eigenvalue weighted by Gasteiger charge is 2.31. The van der Waals surface area contributed by atoms with Gasteiger partial charge in [0, 0.05) is 0 Å². The van der Waals surface area contributed by atoms with Crippen LogP contribution in [0.15, 0.2) is 59.5 Å². The number of rotatable bonds is 8. The summed E-state index contributed by atoms with van der Waals surface area (Å²) in [7, 11) is -4.06. The zero-order chi connectivity index (χ0) is 21.0. The van der Waals surface area contributed by atoms with Crippen LogP contribution >= 0.6 is 11.8 Å². The maximum absolute atomic E-state index is 12.6. The van der Waals surface area contributed by atoms with Crippen LogP contribution in [0.25, 0.3) is 0 Å². The molecule has 8 nitrogen and oxygen atoms in total. The van der Waals surface area contributed by atoms with Crippen LogP contribution in [0.3, 0.4) is 0 Å². The second-order valence-electron chi connectivity index (χ2n) is 6.43. The number of hydrogen-bond acceptors (Lipinski definition) is 6. The van der Waals surface area contributed by atoms with Gasteiger partial charge < -0.3 is 5.11 Å². The minimum atomic E-state index is -4.06. The number of carbonyl (C=O) groups is 3. The predicted molar refractivity (Wildman–Crippen MR) is 107 cm³/mol. The average molecular weight is 434 g/mol. The lowest BCUT2D eigenvalue weighted by Crippen LogP contribution is -2.42. The quantitative estimate of drug-likeness (QED) is 0.575. The van der Waals surface area contributed by atoms with Gasteiger partial charge in [0.05, 0.1) is 10.1 Å². The number of carbonyl (C=O) groups excluding carboxylic acids is 2. The molecule has 10 heteroatoms. The molecule has 1 aliphatic heterocycles. The van der Waals surface area contributed by atoms with Gasteiger partial charge in [-0.1, -0.05) is 54.2 Å². The Morgan fingerprint density at radius 2 is 1.72 bits per heavy atom. The first-order chi connectivity index (χ1) is 13.7. The minimum absolute atomic E-state index is 0.00945. The molecule has 0 aromatic heterocycles. The number of thioether (sulfide) groups is 1. The molecule has 0 radical (unpaired) electrons. The summed E-state index contributed by atoms with van der Waals surface area (Å²) in [6.07, 6.45) is 0.289. The van der Waals surface area contributed by atoms with E-state index in [1.54, 1.807) is 30.3 Å². The Morgan fingerprint density at radius 3 is 2.28 bits per heavy atom. The van der Waals surface area contributed by atoms with Crippen molar-refractivity contribution >= 4 is 38.9 Å². The summed E-state index contributed by atoms with van der Waals surface area (Å²) >= 11 is 0.895. The molecule has 1 saturated heterocycles. The van der Waals surface area contributed by atoms with Gasteiger partial charge in [0.2, 0.25) is 15.9 Å². The number of hydrogen-bond donors (Lipinski definition) is 3. The van der Waals surface area contributed by atoms with Gasteiger partial charge in [0.15, 0.2) is 0 Å². The average Bonchev–Trinajstić information content (AvgIpc) is 2.99. The molecule has 152 valence electrons. The highest BCUT2D eigenvalue weighted by Crippen LogP contribution is 2.23. The van der Waals surface area contributed by atoms with Crippen molar-refractivity contribution in [3.05, 3.63) is 65.7 Å². The van der Waals surface area contributed by atoms with Gasteiger partial charge in [-0.15, -0.1) is 0 Å². The van der Waals surface area contributed by atoms with Gasteiger partial charge in [-0.25, -0.2) is 8.42 Å². The molecule has 2 atom stereocenters. The number of amides is 2. The molecule has 0 spiro atoms. The Bertz CT molecular complexity index is 1020. The topological polar surface area (TPSA) is 130 Å². The Labute approximate surface area is 171 Å². The van der Waals surface area contributed by atoms with E-state index in [-0.39, 0.29) is 23.6 Å². The number of nitrogens with one attached hydrogen (secondary N) is 2. The summed E-state index contributed by atoms with van der Waals surface area (Å²) < 4.78 is 27.4. The molecule has 0 aliphatic carbocycles. The van der Waals surface area contributed by atoms with Gasteiger partial charge >= 0.3 is 5.97 Å². The first kappa shape index (κ1) is 21.0. The van der Waals surface area contributed by atoms with Crippen molar-refractivity contribution in [1.82, 2.24) is 10.0 Å². The molecule has 1 unspecified atom stereocenters. The van der Waals surface area contributed by atoms with E-state index in [1.807, 2.05) is 0 Å². The van der Waals surface area contributed by atoms with Gasteiger partial charge in [-0.2, -0.15) is 4.72 Å². The van der Waals surface area contributed by atoms with Crippen LogP contribution < -0.4 is 10.0 Å². The van der Waals surface area contributed by atoms with Crippen LogP contribution in [0.4, 0.5) is 4.79 Å². The molecular formula is C19H18N2O6S2. The molecule has 1 heterocycles. The Kier molecular flexibility index (Phi) is 6.36. The SMILES string of the molecule is O=C1NC(=O)C(Cc2ccc(S(=O)(=O)N[C@@H](Cc3ccccc3)C(=O)O)cc2)S1. The van der Waals surface area contributed by atoms with Gasteiger partial charge in [-0.05, 0) is 36.1 Å². The standard InChI is InChI=1S/C19H18N2O6S2/c22-17-16(28-19(25)20-17)11-13-6-8-14(9-7-13)29(26,27)21-15(18(23)24)10-12-4-2-1-3-5-12/h1-9,15-16,21H,10-11H2,(H,23,24)(H,20,22,25)/t15-,16?/m0/s1. The summed E-state index contributed by atoms with van der Waals surface area (Å²) in [4.78, 5) is 34.3. The summed E-state index contributed by atoms with van der Waals surface area (Å²) in [5.41, 5.74) is 1.38. The smallest absolute Gasteiger partial charge is 0.322 e. The first-order valence-electron chi connectivity index (χ1n) is 8.64. The highest BCUT2D eigenvalue weighted by atomic mass is 32.2. The zero-order valence-electron chi connectivity index (χ0n) is 15.1. The van der Waals surface area contributed by atoms with Crippen molar-refractivity contribution in [2.45, 2.75) is 29.0 Å². The van der Waals surface area contributed by atoms with Crippen LogP contribution in [0.2, 0.25) is 0 Å². The lowest BCUT2D eigenvalue weighted by atomic mass is 10.1. The van der Waals surface area contributed by atoms with Crippen molar-refractivity contribution in [3.8, 4) is 0 Å². The van der Waals surface area contributed by atoms with Crippen LogP contribution in [-0.4, -0.2) is 41.9 Å². The fraction of sp³-hybridized carbons (Fsp3) is 0.211. The Morgan fingerprint density at radius 1 is 1.07 bits per heavy atom. The second kappa shape index (κ2) is 8.76. The summed E-state index contributed by atoms with van der Waals surface area (Å²) in [6.45, 7) is 0. The monoisotopic (exact) mass is 434 g/mol. The van der Waals surface area contributed by atoms with Gasteiger partial charge in [-0.3, -0.25) is 19.7 Å². The fourth-order valence-electron chi connectivity index (χ4n) is 2.83. The molecule has 2 amide bonds. The van der Waals surface area contributed by atoms with E-state index in [0.717, 1.165) is 11.8 Å². The highest BCUT2D eigenvalue weighted by molar-refractivity contribution is 8.15. The van der Waals surface area contributed by atoms with Crippen LogP contribution in [0, 0.1) is 0 Å². The van der Waals surface area contributed by atoms with Crippen molar-refractivity contribution < 1.29 is 27.9 Å². The third-order valence-electron chi connectivity index (χ3n) is 4.30. The number of carboxylic acids is 1. The number of imide groups is 1. The van der Waals surface area contributed by atoms with E-state index in [4.69, 9.17) is 0 Å². The van der Waals surface area contributed by atoms with E-state index in [1.165, 1.54) is 24.3 Å². The molecule has 0 saturated carbocycles. The van der Waals surface area contributed by atoms with E-state index < -0.39 is 32.5 Å². The van der Waals surface area contributed by atoms with Crippen LogP contribution in [0.5, 0.6) is 0 Å². The lowest BCUT2D eigenvalue weighted by Gasteiger charge is -2.15. The summed E-state index contributed by atoms with van der Waals surface area (Å²) in [6, 6.07) is 13.2. The second-order valence-corrected chi connectivity index (χ2v) is 9.32. The van der Waals surface area contributed by atoms with Crippen LogP contribution in [-0.2, 0) is 32.5 Å². The van der Waals surface area contributed by atoms with E-state index in [2.05, 4.69) is 10.0 Å². The fourth-order valence-corrected chi connectivity index (χ4v) is 4.88. The van der Waals surface area contributed by atoms with Crippen molar-refractivity contribution in [3.63, 3.8) is 0 Å². The maximum Gasteiger partial charge on any atom is 0.322 e. The van der Waals surface area contributed by atoms with Crippen molar-refractivity contribution in [2.75, 3.05) is 0 Å². The van der Waals surface area contributed by atoms with Crippen molar-refractivity contribution in [2.24, 2.45) is 0 Å². The Balaban J connectivity index is 1.70. The molecule has 2 aromatic rings. The molecule has 1 aliphatic rings. The third kappa shape index (κ3) is 5.43. The molecule has 3 N–H and O–H groups in total. The Hall–Kier alpha value is -2.69. The lowest BCUT2D eigenvalue weighted by molar-refractivity contribution is -0.138. The zero-order valence-corrected chi connectivity index (χ0v) is 16.7. The molecule has 29 heavy (non-hydrogen) atoms. The van der Waals surface area contributed by atoms with Gasteiger partial charge in [0.25, 0.3) is 5.24 Å². The summed E-state index contributed by atoms with van der Waals surface area (Å²) in [5.74, 6) is -1.65. The third-order valence-corrected chi connectivity index (χ3v) is 6.77. The van der Waals surface area contributed by atoms with Gasteiger partial charge in [0.1, 0.15) is 6.04 Å². The van der Waals surface area contributed by atoms with Crippen LogP contribution in [0.1, 0.15) is 11.1 Å². The van der Waals surface area contributed by atoms with E-state index >= 15 is 0 Å². The molecule has 1 fully saturated rings. The number of aliphatic carboxylic acids is 1. The molecule has 2 aromatic carbocycles. The predicted octanol–water partition coefficient (Wildman–Crippen LogP) is 1.55. The molecule has 3 rings (SSSR count). The minimum Gasteiger partial charge on any atom is -0.480 e. The first-order valence-corrected chi connectivity index (χ1v) is 11.0. The number of carboxylic acid groups (broad SMARTS) is 1. The maximum atomic E-state index is 12.6. The number of sulfonamides is 1.